The van der Waals surface area contributed by atoms with Crippen LogP contribution < -0.4 is 0 Å². The molecule has 3 heteroatoms. The second-order valence-corrected chi connectivity index (χ2v) is 2.98. The SMILES string of the molecule is CC(C=O)Cc1ccc(C#N)nc1. The summed E-state index contributed by atoms with van der Waals surface area (Å²) in [6.07, 6.45) is 3.24. The van der Waals surface area contributed by atoms with Crippen molar-refractivity contribution in [2.45, 2.75) is 13.3 Å². The number of carbonyl (C=O) groups is 1. The van der Waals surface area contributed by atoms with E-state index in [1.54, 1.807) is 12.3 Å². The molecule has 66 valence electrons. The number of nitriles is 1. The highest BCUT2D eigenvalue weighted by Gasteiger charge is 2.01. The van der Waals surface area contributed by atoms with Crippen molar-refractivity contribution in [1.29, 1.82) is 5.26 Å². The molecule has 1 atom stereocenters. The number of hydrogen-bond donors (Lipinski definition) is 0. The van der Waals surface area contributed by atoms with Crippen molar-refractivity contribution in [3.05, 3.63) is 29.6 Å². The molecule has 0 aromatic carbocycles. The molecule has 0 aliphatic rings. The zero-order chi connectivity index (χ0) is 9.68. The van der Waals surface area contributed by atoms with Crippen LogP contribution in [0.3, 0.4) is 0 Å². The molecule has 0 saturated heterocycles. The van der Waals surface area contributed by atoms with Crippen LogP contribution in [0.1, 0.15) is 18.2 Å². The van der Waals surface area contributed by atoms with E-state index in [9.17, 15) is 4.79 Å². The number of carbonyl (C=O) groups excluding carboxylic acids is 1. The lowest BCUT2D eigenvalue weighted by molar-refractivity contribution is -0.110. The topological polar surface area (TPSA) is 53.8 Å². The summed E-state index contributed by atoms with van der Waals surface area (Å²) in [6.45, 7) is 1.85. The van der Waals surface area contributed by atoms with Gasteiger partial charge in [0.1, 0.15) is 18.0 Å². The highest BCUT2D eigenvalue weighted by atomic mass is 16.1. The van der Waals surface area contributed by atoms with E-state index in [0.717, 1.165) is 11.8 Å². The second kappa shape index (κ2) is 4.36. The molecule has 1 unspecified atom stereocenters. The quantitative estimate of drug-likeness (QED) is 0.649. The first-order chi connectivity index (χ1) is 6.26. The maximum absolute atomic E-state index is 10.4. The Balaban J connectivity index is 2.70. The average Bonchev–Trinajstić information content (AvgIpc) is 2.19. The standard InChI is InChI=1S/C10H10N2O/c1-8(7-13)4-9-2-3-10(5-11)12-6-9/h2-3,6-8H,4H2,1H3. The van der Waals surface area contributed by atoms with Crippen molar-refractivity contribution in [3.63, 3.8) is 0 Å². The number of aromatic nitrogens is 1. The minimum absolute atomic E-state index is 0.00901. The number of hydrogen-bond acceptors (Lipinski definition) is 3. The molecule has 1 aromatic rings. The molecule has 0 spiro atoms. The van der Waals surface area contributed by atoms with Gasteiger partial charge in [0.05, 0.1) is 0 Å². The number of aldehydes is 1. The molecule has 1 rings (SSSR count). The minimum atomic E-state index is 0.00901. The predicted molar refractivity (Wildman–Crippen MR) is 47.9 cm³/mol. The van der Waals surface area contributed by atoms with Crippen molar-refractivity contribution < 1.29 is 4.79 Å². The van der Waals surface area contributed by atoms with Crippen molar-refractivity contribution in [3.8, 4) is 6.07 Å². The third-order valence-corrected chi connectivity index (χ3v) is 1.73. The van der Waals surface area contributed by atoms with Crippen LogP contribution in [0.15, 0.2) is 18.3 Å². The van der Waals surface area contributed by atoms with Crippen molar-refractivity contribution in [2.75, 3.05) is 0 Å². The summed E-state index contributed by atoms with van der Waals surface area (Å²) in [5, 5.41) is 8.49. The maximum atomic E-state index is 10.4. The lowest BCUT2D eigenvalue weighted by Crippen LogP contribution is -2.01. The van der Waals surface area contributed by atoms with Gasteiger partial charge in [-0.1, -0.05) is 13.0 Å². The van der Waals surface area contributed by atoms with Crippen LogP contribution in [-0.4, -0.2) is 11.3 Å². The zero-order valence-electron chi connectivity index (χ0n) is 7.40. The van der Waals surface area contributed by atoms with Crippen molar-refractivity contribution >= 4 is 6.29 Å². The fourth-order valence-electron chi connectivity index (χ4n) is 1.03. The Hall–Kier alpha value is -1.69. The van der Waals surface area contributed by atoms with Gasteiger partial charge in [-0.15, -0.1) is 0 Å². The summed E-state index contributed by atoms with van der Waals surface area (Å²) in [7, 11) is 0. The summed E-state index contributed by atoms with van der Waals surface area (Å²) >= 11 is 0. The van der Waals surface area contributed by atoms with Gasteiger partial charge in [0, 0.05) is 12.1 Å². The van der Waals surface area contributed by atoms with Gasteiger partial charge < -0.3 is 4.79 Å². The third-order valence-electron chi connectivity index (χ3n) is 1.73. The fraction of sp³-hybridized carbons (Fsp3) is 0.300. The van der Waals surface area contributed by atoms with Crippen LogP contribution in [-0.2, 0) is 11.2 Å². The molecular weight excluding hydrogens is 164 g/mol. The van der Waals surface area contributed by atoms with Crippen molar-refractivity contribution in [1.82, 2.24) is 4.98 Å². The van der Waals surface area contributed by atoms with Gasteiger partial charge >= 0.3 is 0 Å². The number of rotatable bonds is 3. The summed E-state index contributed by atoms with van der Waals surface area (Å²) in [6, 6.07) is 5.43. The normalized spacial score (nSPS) is 11.7. The third kappa shape index (κ3) is 2.68. The Morgan fingerprint density at radius 1 is 1.69 bits per heavy atom. The lowest BCUT2D eigenvalue weighted by atomic mass is 10.0. The second-order valence-electron chi connectivity index (χ2n) is 2.98. The lowest BCUT2D eigenvalue weighted by Gasteiger charge is -2.02. The van der Waals surface area contributed by atoms with E-state index in [-0.39, 0.29) is 5.92 Å². The van der Waals surface area contributed by atoms with E-state index in [0.29, 0.717) is 12.1 Å². The summed E-state index contributed by atoms with van der Waals surface area (Å²) in [4.78, 5) is 14.3. The van der Waals surface area contributed by atoms with Crippen LogP contribution in [0.2, 0.25) is 0 Å². The van der Waals surface area contributed by atoms with Crippen LogP contribution in [0, 0.1) is 17.2 Å². The van der Waals surface area contributed by atoms with Gasteiger partial charge in [-0.3, -0.25) is 0 Å². The monoisotopic (exact) mass is 174 g/mol. The number of pyridine rings is 1. The van der Waals surface area contributed by atoms with E-state index in [2.05, 4.69) is 4.98 Å². The Morgan fingerprint density at radius 3 is 2.92 bits per heavy atom. The molecule has 0 radical (unpaired) electrons. The molecule has 0 aliphatic heterocycles. The van der Waals surface area contributed by atoms with Crippen LogP contribution in [0.5, 0.6) is 0 Å². The van der Waals surface area contributed by atoms with E-state index >= 15 is 0 Å². The van der Waals surface area contributed by atoms with E-state index in [1.807, 2.05) is 19.1 Å². The highest BCUT2D eigenvalue weighted by molar-refractivity contribution is 5.53. The molecule has 0 N–H and O–H groups in total. The summed E-state index contributed by atoms with van der Waals surface area (Å²) in [5.41, 5.74) is 1.39. The first-order valence-corrected chi connectivity index (χ1v) is 4.06. The zero-order valence-corrected chi connectivity index (χ0v) is 7.40. The van der Waals surface area contributed by atoms with Gasteiger partial charge in [0.25, 0.3) is 0 Å². The fourth-order valence-corrected chi connectivity index (χ4v) is 1.03. The summed E-state index contributed by atoms with van der Waals surface area (Å²) in [5.74, 6) is 0.00901. The van der Waals surface area contributed by atoms with Crippen LogP contribution >= 0.6 is 0 Å². The smallest absolute Gasteiger partial charge is 0.140 e. The molecule has 0 aliphatic carbocycles. The highest BCUT2D eigenvalue weighted by Crippen LogP contribution is 2.05. The Labute approximate surface area is 77.0 Å². The van der Waals surface area contributed by atoms with E-state index < -0.39 is 0 Å². The van der Waals surface area contributed by atoms with Gasteiger partial charge in [-0.25, -0.2) is 4.98 Å². The average molecular weight is 174 g/mol. The van der Waals surface area contributed by atoms with Crippen LogP contribution in [0.4, 0.5) is 0 Å². The predicted octanol–water partition coefficient (Wildman–Crippen LogP) is 1.33. The first-order valence-electron chi connectivity index (χ1n) is 4.06. The first kappa shape index (κ1) is 9.40. The van der Waals surface area contributed by atoms with Crippen molar-refractivity contribution in [2.24, 2.45) is 5.92 Å². The largest absolute Gasteiger partial charge is 0.303 e. The maximum Gasteiger partial charge on any atom is 0.140 e. The molecule has 1 heterocycles. The number of nitrogens with zero attached hydrogens (tertiary/aromatic N) is 2. The van der Waals surface area contributed by atoms with Gasteiger partial charge in [-0.2, -0.15) is 5.26 Å². The molecule has 3 nitrogen and oxygen atoms in total. The Bertz CT molecular complexity index is 324. The molecule has 0 bridgehead atoms. The minimum Gasteiger partial charge on any atom is -0.303 e. The molecule has 0 saturated carbocycles. The Morgan fingerprint density at radius 2 is 2.46 bits per heavy atom. The van der Waals surface area contributed by atoms with Gasteiger partial charge in [0.15, 0.2) is 0 Å². The molecule has 1 aromatic heterocycles. The van der Waals surface area contributed by atoms with Gasteiger partial charge in [-0.05, 0) is 18.1 Å². The molecular formula is C10H10N2O. The van der Waals surface area contributed by atoms with Gasteiger partial charge in [0.2, 0.25) is 0 Å². The Kier molecular flexibility index (Phi) is 3.15. The van der Waals surface area contributed by atoms with Crippen LogP contribution in [0.25, 0.3) is 0 Å². The summed E-state index contributed by atoms with van der Waals surface area (Å²) < 4.78 is 0. The van der Waals surface area contributed by atoms with E-state index in [4.69, 9.17) is 5.26 Å². The molecule has 0 amide bonds. The van der Waals surface area contributed by atoms with E-state index in [1.165, 1.54) is 0 Å². The molecule has 13 heavy (non-hydrogen) atoms. The molecule has 0 fully saturated rings.